The minimum Gasteiger partial charge on any atom is -0.496 e. The van der Waals surface area contributed by atoms with Crippen LogP contribution in [-0.2, 0) is 0 Å². The Morgan fingerprint density at radius 3 is 2.58 bits per heavy atom. The van der Waals surface area contributed by atoms with Crippen molar-refractivity contribution in [2.24, 2.45) is 5.73 Å². The second kappa shape index (κ2) is 6.58. The molecule has 5 heteroatoms. The van der Waals surface area contributed by atoms with Gasteiger partial charge >= 0.3 is 0 Å². The number of methoxy groups -OCH3 is 1. The summed E-state index contributed by atoms with van der Waals surface area (Å²) >= 11 is 0. The van der Waals surface area contributed by atoms with E-state index in [0.717, 1.165) is 16.9 Å². The molecular weight excluding hydrogens is 244 g/mol. The number of amides is 1. The maximum atomic E-state index is 11.1. The summed E-state index contributed by atoms with van der Waals surface area (Å²) in [5.74, 6) is 0.541. The summed E-state index contributed by atoms with van der Waals surface area (Å²) in [5, 5.41) is 0. The van der Waals surface area contributed by atoms with Crippen LogP contribution in [0.25, 0.3) is 11.3 Å². The highest BCUT2D eigenvalue weighted by Gasteiger charge is 2.16. The molecule has 0 aliphatic heterocycles. The smallest absolute Gasteiger partial charge is 0.271 e. The van der Waals surface area contributed by atoms with Crippen molar-refractivity contribution in [3.05, 3.63) is 35.9 Å². The van der Waals surface area contributed by atoms with Crippen molar-refractivity contribution in [1.82, 2.24) is 4.98 Å². The molecule has 0 unspecified atom stereocenters. The lowest BCUT2D eigenvalue weighted by Gasteiger charge is -2.06. The van der Waals surface area contributed by atoms with Crippen LogP contribution in [-0.4, -0.2) is 18.0 Å². The molecule has 0 aliphatic rings. The largest absolute Gasteiger partial charge is 0.496 e. The number of primary amides is 1. The molecule has 1 heterocycles. The van der Waals surface area contributed by atoms with Gasteiger partial charge in [0.2, 0.25) is 0 Å². The van der Waals surface area contributed by atoms with E-state index < -0.39 is 5.91 Å². The molecule has 5 nitrogen and oxygen atoms in total. The Bertz CT molecular complexity index is 562. The first-order chi connectivity index (χ1) is 9.13. The Kier molecular flexibility index (Phi) is 5.11. The van der Waals surface area contributed by atoms with Crippen LogP contribution in [0.15, 0.2) is 29.0 Å². The topological polar surface area (TPSA) is 78.3 Å². The molecule has 1 aromatic carbocycles. The molecule has 2 rings (SSSR count). The molecule has 19 heavy (non-hydrogen) atoms. The van der Waals surface area contributed by atoms with Gasteiger partial charge in [-0.15, -0.1) is 0 Å². The number of hydrogen-bond acceptors (Lipinski definition) is 4. The van der Waals surface area contributed by atoms with Crippen LogP contribution in [0.4, 0.5) is 0 Å². The fraction of sp³-hybridized carbons (Fsp3) is 0.286. The highest BCUT2D eigenvalue weighted by Crippen LogP contribution is 2.27. The lowest BCUT2D eigenvalue weighted by atomic mass is 10.1. The Hall–Kier alpha value is -2.30. The van der Waals surface area contributed by atoms with Crippen LogP contribution < -0.4 is 10.5 Å². The van der Waals surface area contributed by atoms with Crippen molar-refractivity contribution in [3.63, 3.8) is 0 Å². The van der Waals surface area contributed by atoms with E-state index in [1.165, 1.54) is 6.39 Å². The number of nitrogens with two attached hydrogens (primary N) is 1. The number of rotatable bonds is 3. The van der Waals surface area contributed by atoms with E-state index in [9.17, 15) is 4.79 Å². The second-order valence-corrected chi connectivity index (χ2v) is 3.58. The van der Waals surface area contributed by atoms with E-state index in [1.54, 1.807) is 19.2 Å². The third-order valence-corrected chi connectivity index (χ3v) is 2.46. The van der Waals surface area contributed by atoms with Crippen LogP contribution in [0.2, 0.25) is 0 Å². The lowest BCUT2D eigenvalue weighted by Crippen LogP contribution is -2.12. The Balaban J connectivity index is 0.000000861. The van der Waals surface area contributed by atoms with E-state index >= 15 is 0 Å². The number of aryl methyl sites for hydroxylation is 1. The third-order valence-electron chi connectivity index (χ3n) is 2.46. The van der Waals surface area contributed by atoms with E-state index in [0.29, 0.717) is 5.76 Å². The zero-order valence-corrected chi connectivity index (χ0v) is 11.6. The average Bonchev–Trinajstić information content (AvgIpc) is 2.90. The number of hydrogen-bond donors (Lipinski definition) is 1. The quantitative estimate of drug-likeness (QED) is 0.922. The van der Waals surface area contributed by atoms with E-state index in [-0.39, 0.29) is 5.69 Å². The Morgan fingerprint density at radius 2 is 2.05 bits per heavy atom. The van der Waals surface area contributed by atoms with Gasteiger partial charge in [0.15, 0.2) is 17.8 Å². The van der Waals surface area contributed by atoms with Crippen molar-refractivity contribution in [2.45, 2.75) is 20.8 Å². The summed E-state index contributed by atoms with van der Waals surface area (Å²) in [6.07, 6.45) is 1.20. The molecule has 2 aromatic rings. The zero-order chi connectivity index (χ0) is 14.4. The maximum absolute atomic E-state index is 11.1. The molecule has 0 saturated heterocycles. The highest BCUT2D eigenvalue weighted by molar-refractivity contribution is 5.96. The molecule has 0 fully saturated rings. The van der Waals surface area contributed by atoms with Gasteiger partial charge in [0, 0.05) is 5.56 Å². The average molecular weight is 262 g/mol. The van der Waals surface area contributed by atoms with Crippen molar-refractivity contribution < 1.29 is 13.9 Å². The van der Waals surface area contributed by atoms with E-state index in [4.69, 9.17) is 14.9 Å². The molecule has 0 radical (unpaired) electrons. The van der Waals surface area contributed by atoms with Gasteiger partial charge < -0.3 is 14.9 Å². The molecule has 0 bridgehead atoms. The van der Waals surface area contributed by atoms with Gasteiger partial charge in [-0.3, -0.25) is 4.79 Å². The van der Waals surface area contributed by atoms with Gasteiger partial charge in [0.1, 0.15) is 5.75 Å². The van der Waals surface area contributed by atoms with Gasteiger partial charge in [0.05, 0.1) is 7.11 Å². The minimum atomic E-state index is -0.609. The van der Waals surface area contributed by atoms with Gasteiger partial charge in [-0.25, -0.2) is 4.98 Å². The highest BCUT2D eigenvalue weighted by atomic mass is 16.5. The van der Waals surface area contributed by atoms with Crippen molar-refractivity contribution in [1.29, 1.82) is 0 Å². The number of nitrogens with zero attached hydrogens (tertiary/aromatic N) is 1. The molecule has 0 spiro atoms. The summed E-state index contributed by atoms with van der Waals surface area (Å²) in [6.45, 7) is 5.91. The van der Waals surface area contributed by atoms with E-state index in [1.807, 2.05) is 26.8 Å². The first-order valence-electron chi connectivity index (χ1n) is 6.01. The number of carbonyl (C=O) groups excluding carboxylic acids is 1. The predicted octanol–water partition coefficient (Wildman–Crippen LogP) is 2.78. The fourth-order valence-electron chi connectivity index (χ4n) is 1.65. The fourth-order valence-corrected chi connectivity index (χ4v) is 1.65. The van der Waals surface area contributed by atoms with Crippen LogP contribution in [0.3, 0.4) is 0 Å². The van der Waals surface area contributed by atoms with E-state index in [2.05, 4.69) is 4.98 Å². The second-order valence-electron chi connectivity index (χ2n) is 3.58. The molecule has 1 amide bonds. The van der Waals surface area contributed by atoms with Crippen LogP contribution in [0.1, 0.15) is 29.9 Å². The zero-order valence-electron chi connectivity index (χ0n) is 11.6. The minimum absolute atomic E-state index is 0.134. The van der Waals surface area contributed by atoms with Crippen molar-refractivity contribution in [2.75, 3.05) is 7.11 Å². The normalized spacial score (nSPS) is 9.47. The van der Waals surface area contributed by atoms with Gasteiger partial charge in [0.25, 0.3) is 5.91 Å². The number of oxazole rings is 1. The standard InChI is InChI=1S/C12H12N2O3.C2H6/c1-7-5-8(3-4-9(7)16-2)11-10(12(13)15)14-6-17-11;1-2/h3-6H,1-2H3,(H2,13,15);1-2H3. The Morgan fingerprint density at radius 1 is 1.37 bits per heavy atom. The molecule has 0 aliphatic carbocycles. The maximum Gasteiger partial charge on any atom is 0.271 e. The van der Waals surface area contributed by atoms with Crippen LogP contribution in [0, 0.1) is 6.92 Å². The van der Waals surface area contributed by atoms with Gasteiger partial charge in [-0.2, -0.15) is 0 Å². The monoisotopic (exact) mass is 262 g/mol. The molecule has 1 aromatic heterocycles. The summed E-state index contributed by atoms with van der Waals surface area (Å²) in [7, 11) is 1.60. The molecule has 102 valence electrons. The number of benzene rings is 1. The first-order valence-corrected chi connectivity index (χ1v) is 6.01. The Labute approximate surface area is 112 Å². The lowest BCUT2D eigenvalue weighted by molar-refractivity contribution is 0.0996. The molecule has 2 N–H and O–H groups in total. The van der Waals surface area contributed by atoms with Crippen molar-refractivity contribution in [3.8, 4) is 17.1 Å². The molecule has 0 atom stereocenters. The predicted molar refractivity (Wildman–Crippen MR) is 73.1 cm³/mol. The van der Waals surface area contributed by atoms with Crippen molar-refractivity contribution >= 4 is 5.91 Å². The summed E-state index contributed by atoms with van der Waals surface area (Å²) in [6, 6.07) is 5.45. The van der Waals surface area contributed by atoms with Crippen LogP contribution >= 0.6 is 0 Å². The first kappa shape index (κ1) is 14.8. The van der Waals surface area contributed by atoms with Gasteiger partial charge in [-0.1, -0.05) is 13.8 Å². The van der Waals surface area contributed by atoms with Crippen LogP contribution in [0.5, 0.6) is 5.75 Å². The summed E-state index contributed by atoms with van der Waals surface area (Å²) in [4.78, 5) is 14.9. The number of aromatic nitrogens is 1. The molecular formula is C14H18N2O3. The summed E-state index contributed by atoms with van der Waals surface area (Å²) < 4.78 is 10.3. The number of ether oxygens (including phenoxy) is 1. The molecule has 0 saturated carbocycles. The third kappa shape index (κ3) is 3.13. The SMILES string of the molecule is CC.COc1ccc(-c2ocnc2C(N)=O)cc1C. The van der Waals surface area contributed by atoms with Gasteiger partial charge in [-0.05, 0) is 30.7 Å². The summed E-state index contributed by atoms with van der Waals surface area (Å²) in [5.41, 5.74) is 7.02. The number of carbonyl (C=O) groups is 1.